The van der Waals surface area contributed by atoms with Gasteiger partial charge in [0.1, 0.15) is 5.69 Å². The number of nitrogens with one attached hydrogen (secondary N) is 1. The van der Waals surface area contributed by atoms with Crippen molar-refractivity contribution in [1.29, 1.82) is 0 Å². The molecule has 0 amide bonds. The molecule has 1 aromatic carbocycles. The van der Waals surface area contributed by atoms with Crippen LogP contribution in [0.5, 0.6) is 0 Å². The topological polar surface area (TPSA) is 116 Å². The van der Waals surface area contributed by atoms with Crippen molar-refractivity contribution in [3.8, 4) is 0 Å². The molecule has 8 heteroatoms. The van der Waals surface area contributed by atoms with Gasteiger partial charge in [-0.1, -0.05) is 6.07 Å². The first-order valence-electron chi connectivity index (χ1n) is 5.36. The summed E-state index contributed by atoms with van der Waals surface area (Å²) in [6, 6.07) is 5.84. The van der Waals surface area contributed by atoms with Gasteiger partial charge in [-0.2, -0.15) is 0 Å². The number of nitro groups is 1. The van der Waals surface area contributed by atoms with Gasteiger partial charge in [-0.3, -0.25) is 25.3 Å². The van der Waals surface area contributed by atoms with Crippen molar-refractivity contribution in [1.82, 2.24) is 9.55 Å². The maximum Gasteiger partial charge on any atom is 0.293 e. The Morgan fingerprint density at radius 3 is 2.84 bits per heavy atom. The van der Waals surface area contributed by atoms with E-state index in [1.165, 1.54) is 35.3 Å². The van der Waals surface area contributed by atoms with Crippen LogP contribution in [0.3, 0.4) is 0 Å². The summed E-state index contributed by atoms with van der Waals surface area (Å²) in [6.07, 6.45) is 2.77. The van der Waals surface area contributed by atoms with Crippen molar-refractivity contribution in [2.75, 3.05) is 5.43 Å². The van der Waals surface area contributed by atoms with E-state index in [4.69, 9.17) is 5.84 Å². The molecule has 0 fully saturated rings. The van der Waals surface area contributed by atoms with Crippen molar-refractivity contribution >= 4 is 11.4 Å². The molecular weight excluding hydrogens is 250 g/mol. The minimum Gasteiger partial charge on any atom is -0.318 e. The predicted octanol–water partition coefficient (Wildman–Crippen LogP) is 0.485. The lowest BCUT2D eigenvalue weighted by Gasteiger charge is -2.07. The lowest BCUT2D eigenvalue weighted by molar-refractivity contribution is -0.384. The van der Waals surface area contributed by atoms with Crippen LogP contribution in [0, 0.1) is 10.1 Å². The Kier molecular flexibility index (Phi) is 3.53. The van der Waals surface area contributed by atoms with Gasteiger partial charge in [0.2, 0.25) is 0 Å². The van der Waals surface area contributed by atoms with E-state index in [1.54, 1.807) is 6.07 Å². The van der Waals surface area contributed by atoms with Gasteiger partial charge in [-0.15, -0.1) is 0 Å². The third kappa shape index (κ3) is 2.75. The first kappa shape index (κ1) is 12.7. The predicted molar refractivity (Wildman–Crippen MR) is 68.5 cm³/mol. The number of aromatic nitrogens is 2. The van der Waals surface area contributed by atoms with Gasteiger partial charge < -0.3 is 5.43 Å². The highest BCUT2D eigenvalue weighted by molar-refractivity contribution is 5.61. The molecule has 8 nitrogen and oxygen atoms in total. The fraction of sp³-hybridized carbons (Fsp3) is 0.0909. The Morgan fingerprint density at radius 1 is 1.42 bits per heavy atom. The fourth-order valence-electron chi connectivity index (χ4n) is 1.64. The second-order valence-corrected chi connectivity index (χ2v) is 3.80. The standard InChI is InChI=1S/C11H11N5O3/c12-14-9-2-1-8(5-10(9)16(18)19)6-15-7-13-4-3-11(15)17/h1-5,7,14H,6,12H2. The highest BCUT2D eigenvalue weighted by Gasteiger charge is 2.13. The fourth-order valence-corrected chi connectivity index (χ4v) is 1.64. The monoisotopic (exact) mass is 261 g/mol. The third-order valence-corrected chi connectivity index (χ3v) is 2.56. The van der Waals surface area contributed by atoms with Gasteiger partial charge in [-0.25, -0.2) is 4.98 Å². The van der Waals surface area contributed by atoms with Crippen LogP contribution >= 0.6 is 0 Å². The average Bonchev–Trinajstić information content (AvgIpc) is 2.41. The number of nitrogens with zero attached hydrogens (tertiary/aromatic N) is 3. The van der Waals surface area contributed by atoms with Crippen LogP contribution < -0.4 is 16.8 Å². The van der Waals surface area contributed by atoms with E-state index in [2.05, 4.69) is 10.4 Å². The van der Waals surface area contributed by atoms with Gasteiger partial charge >= 0.3 is 0 Å². The molecule has 2 aromatic rings. The van der Waals surface area contributed by atoms with Gasteiger partial charge in [-0.05, 0) is 11.6 Å². The number of rotatable bonds is 4. The number of hydrogen-bond acceptors (Lipinski definition) is 6. The van der Waals surface area contributed by atoms with Crippen molar-refractivity contribution in [3.63, 3.8) is 0 Å². The van der Waals surface area contributed by atoms with E-state index in [0.717, 1.165) is 0 Å². The maximum atomic E-state index is 11.5. The summed E-state index contributed by atoms with van der Waals surface area (Å²) in [6.45, 7) is 0.207. The number of nitro benzene ring substituents is 1. The molecule has 0 unspecified atom stereocenters. The molecule has 19 heavy (non-hydrogen) atoms. The van der Waals surface area contributed by atoms with Crippen LogP contribution in [0.4, 0.5) is 11.4 Å². The molecule has 0 atom stereocenters. The molecule has 0 saturated carbocycles. The molecule has 3 N–H and O–H groups in total. The van der Waals surface area contributed by atoms with E-state index in [9.17, 15) is 14.9 Å². The zero-order valence-electron chi connectivity index (χ0n) is 9.81. The van der Waals surface area contributed by atoms with Gasteiger partial charge in [0.15, 0.2) is 0 Å². The quantitative estimate of drug-likeness (QED) is 0.470. The number of benzene rings is 1. The van der Waals surface area contributed by atoms with Crippen LogP contribution in [0.25, 0.3) is 0 Å². The van der Waals surface area contributed by atoms with Crippen LogP contribution in [-0.4, -0.2) is 14.5 Å². The highest BCUT2D eigenvalue weighted by atomic mass is 16.6. The van der Waals surface area contributed by atoms with Crippen LogP contribution in [-0.2, 0) is 6.54 Å². The Hall–Kier alpha value is -2.74. The lowest BCUT2D eigenvalue weighted by atomic mass is 10.1. The number of nitrogen functional groups attached to an aromatic ring is 1. The number of nitrogens with two attached hydrogens (primary N) is 1. The third-order valence-electron chi connectivity index (χ3n) is 2.56. The summed E-state index contributed by atoms with van der Waals surface area (Å²) in [5, 5.41) is 10.9. The highest BCUT2D eigenvalue weighted by Crippen LogP contribution is 2.24. The minimum absolute atomic E-state index is 0.142. The first-order chi connectivity index (χ1) is 9.11. The zero-order chi connectivity index (χ0) is 13.8. The largest absolute Gasteiger partial charge is 0.318 e. The molecule has 1 heterocycles. The summed E-state index contributed by atoms with van der Waals surface area (Å²) in [7, 11) is 0. The van der Waals surface area contributed by atoms with Crippen molar-refractivity contribution < 1.29 is 4.92 Å². The summed E-state index contributed by atoms with van der Waals surface area (Å²) in [4.78, 5) is 25.7. The molecule has 0 bridgehead atoms. The molecule has 0 radical (unpaired) electrons. The van der Waals surface area contributed by atoms with Gasteiger partial charge in [0, 0.05) is 18.3 Å². The van der Waals surface area contributed by atoms with Gasteiger partial charge in [0.25, 0.3) is 11.2 Å². The Balaban J connectivity index is 2.37. The van der Waals surface area contributed by atoms with Crippen molar-refractivity contribution in [2.45, 2.75) is 6.54 Å². The molecule has 0 aliphatic rings. The SMILES string of the molecule is NNc1ccc(Cn2cnccc2=O)cc1[N+](=O)[O-]. The smallest absolute Gasteiger partial charge is 0.293 e. The van der Waals surface area contributed by atoms with E-state index >= 15 is 0 Å². The van der Waals surface area contributed by atoms with Crippen molar-refractivity contribution in [2.24, 2.45) is 5.84 Å². The second kappa shape index (κ2) is 5.27. The maximum absolute atomic E-state index is 11.5. The second-order valence-electron chi connectivity index (χ2n) is 3.80. The Morgan fingerprint density at radius 2 is 2.21 bits per heavy atom. The molecule has 2 rings (SSSR count). The van der Waals surface area contributed by atoms with Gasteiger partial charge in [0.05, 0.1) is 17.8 Å². The molecule has 0 aliphatic carbocycles. The molecule has 98 valence electrons. The molecule has 1 aromatic heterocycles. The van der Waals surface area contributed by atoms with Crippen LogP contribution in [0.1, 0.15) is 5.56 Å². The summed E-state index contributed by atoms with van der Waals surface area (Å²) >= 11 is 0. The number of hydrazine groups is 1. The lowest BCUT2D eigenvalue weighted by Crippen LogP contribution is -2.19. The normalized spacial score (nSPS) is 10.2. The van der Waals surface area contributed by atoms with Crippen molar-refractivity contribution in [3.05, 3.63) is 62.8 Å². The summed E-state index contributed by atoms with van der Waals surface area (Å²) < 4.78 is 1.36. The molecule has 0 saturated heterocycles. The Bertz CT molecular complexity index is 667. The van der Waals surface area contributed by atoms with Crippen LogP contribution in [0.15, 0.2) is 41.6 Å². The van der Waals surface area contributed by atoms with E-state index in [1.807, 2.05) is 0 Å². The van der Waals surface area contributed by atoms with Crippen LogP contribution in [0.2, 0.25) is 0 Å². The molecule has 0 spiro atoms. The Labute approximate surface area is 107 Å². The van der Waals surface area contributed by atoms with E-state index in [0.29, 0.717) is 5.56 Å². The number of hydrogen-bond donors (Lipinski definition) is 2. The zero-order valence-corrected chi connectivity index (χ0v) is 9.81. The molecule has 0 aliphatic heterocycles. The average molecular weight is 261 g/mol. The summed E-state index contributed by atoms with van der Waals surface area (Å²) in [5.41, 5.74) is 2.72. The van der Waals surface area contributed by atoms with E-state index in [-0.39, 0.29) is 23.5 Å². The minimum atomic E-state index is -0.537. The molecular formula is C11H11N5O3. The summed E-state index contributed by atoms with van der Waals surface area (Å²) in [5.74, 6) is 5.20. The first-order valence-corrected chi connectivity index (χ1v) is 5.36. The van der Waals surface area contributed by atoms with E-state index < -0.39 is 4.92 Å². The number of anilines is 1.